The molecule has 1 heterocycles. The lowest BCUT2D eigenvalue weighted by Gasteiger charge is -2.26. The molecule has 0 saturated carbocycles. The number of aryl methyl sites for hydroxylation is 1. The number of rotatable bonds is 1. The first kappa shape index (κ1) is 11.6. The predicted octanol–water partition coefficient (Wildman–Crippen LogP) is 0.866. The van der Waals surface area contributed by atoms with Crippen LogP contribution >= 0.6 is 0 Å². The summed E-state index contributed by atoms with van der Waals surface area (Å²) in [5.74, 6) is -0.346. The molecule has 0 unspecified atom stereocenters. The van der Waals surface area contributed by atoms with Gasteiger partial charge in [-0.1, -0.05) is 11.6 Å². The van der Waals surface area contributed by atoms with Crippen LogP contribution in [-0.4, -0.2) is 42.5 Å². The number of benzene rings is 1. The van der Waals surface area contributed by atoms with E-state index in [-0.39, 0.29) is 18.4 Å². The first-order chi connectivity index (χ1) is 7.99. The molecular weight excluding hydrogens is 218 g/mol. The zero-order valence-electron chi connectivity index (χ0n) is 10.2. The molecule has 5 nitrogen and oxygen atoms in total. The minimum absolute atomic E-state index is 0.0412. The van der Waals surface area contributed by atoms with Crippen LogP contribution in [0.5, 0.6) is 0 Å². The van der Waals surface area contributed by atoms with Crippen LogP contribution in [0, 0.1) is 6.92 Å². The maximum atomic E-state index is 12.3. The molecule has 0 aliphatic carbocycles. The molecule has 0 saturated heterocycles. The molecule has 2 amide bonds. The Bertz CT molecular complexity index is 483. The third-order valence-corrected chi connectivity index (χ3v) is 2.69. The smallest absolute Gasteiger partial charge is 0.270 e. The highest BCUT2D eigenvalue weighted by Gasteiger charge is 2.27. The van der Waals surface area contributed by atoms with E-state index in [9.17, 15) is 9.59 Å². The number of carbonyl (C=O) groups is 2. The molecule has 90 valence electrons. The van der Waals surface area contributed by atoms with Gasteiger partial charge >= 0.3 is 0 Å². The first-order valence-corrected chi connectivity index (χ1v) is 5.38. The quantitative estimate of drug-likeness (QED) is 0.783. The van der Waals surface area contributed by atoms with Crippen LogP contribution in [0.15, 0.2) is 18.2 Å². The second kappa shape index (κ2) is 4.18. The lowest BCUT2D eigenvalue weighted by molar-refractivity contribution is -0.119. The van der Waals surface area contributed by atoms with E-state index < -0.39 is 0 Å². The van der Waals surface area contributed by atoms with Crippen molar-refractivity contribution >= 4 is 17.5 Å². The van der Waals surface area contributed by atoms with Crippen molar-refractivity contribution in [1.82, 2.24) is 10.0 Å². The molecule has 1 aromatic carbocycles. The lowest BCUT2D eigenvalue weighted by atomic mass is 10.1. The van der Waals surface area contributed by atoms with Crippen LogP contribution < -0.4 is 5.32 Å². The molecule has 0 spiro atoms. The van der Waals surface area contributed by atoms with Gasteiger partial charge in [0.1, 0.15) is 6.54 Å². The predicted molar refractivity (Wildman–Crippen MR) is 64.5 cm³/mol. The van der Waals surface area contributed by atoms with Gasteiger partial charge < -0.3 is 5.32 Å². The third kappa shape index (κ3) is 2.14. The molecule has 0 aromatic heterocycles. The highest BCUT2D eigenvalue weighted by atomic mass is 16.2. The average molecular weight is 233 g/mol. The Balaban J connectivity index is 2.51. The Labute approximate surface area is 100.0 Å². The second-order valence-corrected chi connectivity index (χ2v) is 4.31. The Kier molecular flexibility index (Phi) is 2.85. The highest BCUT2D eigenvalue weighted by Crippen LogP contribution is 2.22. The van der Waals surface area contributed by atoms with Crippen LogP contribution in [0.3, 0.4) is 0 Å². The molecule has 0 fully saturated rings. The van der Waals surface area contributed by atoms with Crippen molar-refractivity contribution in [1.29, 1.82) is 0 Å². The van der Waals surface area contributed by atoms with Gasteiger partial charge in [-0.3, -0.25) is 14.6 Å². The minimum atomic E-state index is -0.186. The van der Waals surface area contributed by atoms with Gasteiger partial charge in [0.2, 0.25) is 5.91 Å². The molecule has 1 N–H and O–H groups in total. The molecule has 0 atom stereocenters. The molecule has 5 heteroatoms. The number of nitrogens with zero attached hydrogens (tertiary/aromatic N) is 2. The van der Waals surface area contributed by atoms with E-state index in [0.29, 0.717) is 11.3 Å². The van der Waals surface area contributed by atoms with Crippen molar-refractivity contribution in [2.75, 3.05) is 26.0 Å². The van der Waals surface area contributed by atoms with Crippen LogP contribution in [0.25, 0.3) is 0 Å². The maximum Gasteiger partial charge on any atom is 0.270 e. The second-order valence-electron chi connectivity index (χ2n) is 4.31. The van der Waals surface area contributed by atoms with Crippen LogP contribution in [0.4, 0.5) is 5.69 Å². The summed E-state index contributed by atoms with van der Waals surface area (Å²) < 4.78 is 0. The Morgan fingerprint density at radius 2 is 2.00 bits per heavy atom. The number of fused-ring (bicyclic) bond motifs is 1. The number of amides is 2. The molecule has 0 bridgehead atoms. The van der Waals surface area contributed by atoms with E-state index in [1.807, 2.05) is 13.0 Å². The summed E-state index contributed by atoms with van der Waals surface area (Å²) in [5, 5.41) is 5.78. The molecule has 1 aliphatic rings. The average Bonchev–Trinajstić information content (AvgIpc) is 2.38. The fourth-order valence-corrected chi connectivity index (χ4v) is 1.80. The largest absolute Gasteiger partial charge is 0.324 e. The summed E-state index contributed by atoms with van der Waals surface area (Å²) in [6, 6.07) is 5.43. The van der Waals surface area contributed by atoms with Gasteiger partial charge in [0.15, 0.2) is 0 Å². The monoisotopic (exact) mass is 233 g/mol. The summed E-state index contributed by atoms with van der Waals surface area (Å²) in [4.78, 5) is 23.9. The van der Waals surface area contributed by atoms with Crippen molar-refractivity contribution in [3.8, 4) is 0 Å². The number of hydrazine groups is 1. The number of hydrogen-bond donors (Lipinski definition) is 1. The van der Waals surface area contributed by atoms with Crippen LogP contribution in [-0.2, 0) is 4.79 Å². The van der Waals surface area contributed by atoms with Crippen molar-refractivity contribution in [3.05, 3.63) is 29.3 Å². The van der Waals surface area contributed by atoms with Gasteiger partial charge in [-0.15, -0.1) is 0 Å². The third-order valence-electron chi connectivity index (χ3n) is 2.69. The van der Waals surface area contributed by atoms with Gasteiger partial charge in [0.05, 0.1) is 11.3 Å². The van der Waals surface area contributed by atoms with E-state index in [4.69, 9.17) is 0 Å². The Hall–Kier alpha value is -1.88. The summed E-state index contributed by atoms with van der Waals surface area (Å²) in [7, 11) is 3.48. The van der Waals surface area contributed by atoms with E-state index in [0.717, 1.165) is 5.56 Å². The van der Waals surface area contributed by atoms with Crippen LogP contribution in [0.1, 0.15) is 15.9 Å². The van der Waals surface area contributed by atoms with Gasteiger partial charge in [0, 0.05) is 14.1 Å². The Morgan fingerprint density at radius 1 is 1.29 bits per heavy atom. The zero-order valence-corrected chi connectivity index (χ0v) is 10.2. The molecule has 1 aromatic rings. The van der Waals surface area contributed by atoms with E-state index in [1.165, 1.54) is 5.01 Å². The summed E-state index contributed by atoms with van der Waals surface area (Å²) >= 11 is 0. The number of nitrogens with one attached hydrogen (secondary N) is 1. The van der Waals surface area contributed by atoms with Gasteiger partial charge in [0.25, 0.3) is 5.91 Å². The standard InChI is InChI=1S/C12H15N3O2/c1-8-4-5-10-9(6-8)12(17)15(14(2)3)7-11(16)13-10/h4-6H,7H2,1-3H3,(H,13,16). The highest BCUT2D eigenvalue weighted by molar-refractivity contribution is 6.08. The SMILES string of the molecule is Cc1ccc2c(c1)C(=O)N(N(C)C)CC(=O)N2. The zero-order chi connectivity index (χ0) is 12.6. The molecular formula is C12H15N3O2. The number of hydrogen-bond acceptors (Lipinski definition) is 3. The normalized spacial score (nSPS) is 15.6. The molecule has 0 radical (unpaired) electrons. The minimum Gasteiger partial charge on any atom is -0.324 e. The van der Waals surface area contributed by atoms with E-state index in [1.54, 1.807) is 31.2 Å². The molecule has 17 heavy (non-hydrogen) atoms. The summed E-state index contributed by atoms with van der Waals surface area (Å²) in [5.41, 5.74) is 2.10. The van der Waals surface area contributed by atoms with E-state index >= 15 is 0 Å². The molecule has 1 aliphatic heterocycles. The summed E-state index contributed by atoms with van der Waals surface area (Å²) in [6.45, 7) is 1.96. The Morgan fingerprint density at radius 3 is 2.65 bits per heavy atom. The van der Waals surface area contributed by atoms with Crippen LogP contribution in [0.2, 0.25) is 0 Å². The van der Waals surface area contributed by atoms with Crippen molar-refractivity contribution in [2.24, 2.45) is 0 Å². The van der Waals surface area contributed by atoms with Crippen molar-refractivity contribution < 1.29 is 9.59 Å². The topological polar surface area (TPSA) is 52.7 Å². The van der Waals surface area contributed by atoms with Gasteiger partial charge in [-0.25, -0.2) is 5.01 Å². The fraction of sp³-hybridized carbons (Fsp3) is 0.333. The maximum absolute atomic E-state index is 12.3. The molecule has 2 rings (SSSR count). The fourth-order valence-electron chi connectivity index (χ4n) is 1.80. The van der Waals surface area contributed by atoms with Crippen molar-refractivity contribution in [2.45, 2.75) is 6.92 Å². The number of anilines is 1. The lowest BCUT2D eigenvalue weighted by Crippen LogP contribution is -2.44. The number of carbonyl (C=O) groups excluding carboxylic acids is 2. The van der Waals surface area contributed by atoms with Crippen molar-refractivity contribution in [3.63, 3.8) is 0 Å². The van der Waals surface area contributed by atoms with E-state index in [2.05, 4.69) is 5.32 Å². The summed E-state index contributed by atoms with van der Waals surface area (Å²) in [6.07, 6.45) is 0. The first-order valence-electron chi connectivity index (χ1n) is 5.38. The van der Waals surface area contributed by atoms with Gasteiger partial charge in [-0.05, 0) is 19.1 Å². The van der Waals surface area contributed by atoms with Gasteiger partial charge in [-0.2, -0.15) is 0 Å².